The van der Waals surface area contributed by atoms with E-state index in [0.29, 0.717) is 43.2 Å². The lowest BCUT2D eigenvalue weighted by molar-refractivity contribution is -0.116. The predicted octanol–water partition coefficient (Wildman–Crippen LogP) is 5.37. The third-order valence-corrected chi connectivity index (χ3v) is 10.0. The zero-order chi connectivity index (χ0) is 34.6. The highest BCUT2D eigenvalue weighted by Crippen LogP contribution is 2.38. The van der Waals surface area contributed by atoms with Crippen molar-refractivity contribution in [2.24, 2.45) is 4.99 Å². The van der Waals surface area contributed by atoms with E-state index in [1.54, 1.807) is 20.9 Å². The van der Waals surface area contributed by atoms with Crippen LogP contribution in [0.1, 0.15) is 35.6 Å². The van der Waals surface area contributed by atoms with Crippen molar-refractivity contribution >= 4 is 25.6 Å². The topological polar surface area (TPSA) is 127 Å². The fraction of sp³-hybridized carbons (Fsp3) is 0.457. The largest absolute Gasteiger partial charge is 0.493 e. The molecule has 0 unspecified atom stereocenters. The van der Waals surface area contributed by atoms with Gasteiger partial charge in [0, 0.05) is 45.8 Å². The molecule has 12 nitrogen and oxygen atoms in total. The smallest absolute Gasteiger partial charge is 0.330 e. The fourth-order valence-corrected chi connectivity index (χ4v) is 6.65. The molecular formula is C35H47N7O5Si. The molecule has 13 heteroatoms. The van der Waals surface area contributed by atoms with Gasteiger partial charge in [0.05, 0.1) is 25.1 Å². The van der Waals surface area contributed by atoms with E-state index in [9.17, 15) is 9.59 Å². The number of hydrogen-bond acceptors (Lipinski definition) is 8. The van der Waals surface area contributed by atoms with Gasteiger partial charge in [0.15, 0.2) is 11.5 Å². The SMILES string of the molecule is CCOc1cc2c(cc1OC)-c1cc(=Nc3c(C)cc(C)cc3C)n(CCC(=O)Nc3ncn(COCC[Si](C)(C)C)n3)c(=O)n1CC2. The van der Waals surface area contributed by atoms with Crippen molar-refractivity contribution < 1.29 is 19.0 Å². The third-order valence-electron chi connectivity index (χ3n) is 8.30. The summed E-state index contributed by atoms with van der Waals surface area (Å²) in [6.45, 7) is 17.0. The minimum Gasteiger partial charge on any atom is -0.493 e. The Morgan fingerprint density at radius 1 is 1.06 bits per heavy atom. The van der Waals surface area contributed by atoms with Gasteiger partial charge >= 0.3 is 5.69 Å². The van der Waals surface area contributed by atoms with Gasteiger partial charge in [-0.15, -0.1) is 5.10 Å². The number of nitrogens with one attached hydrogen (secondary N) is 1. The number of methoxy groups -OCH3 is 1. The quantitative estimate of drug-likeness (QED) is 0.149. The number of anilines is 1. The van der Waals surface area contributed by atoms with Crippen LogP contribution >= 0.6 is 0 Å². The van der Waals surface area contributed by atoms with Crippen LogP contribution < -0.4 is 26.0 Å². The normalized spacial score (nSPS) is 12.9. The number of rotatable bonds is 13. The first kappa shape index (κ1) is 34.8. The van der Waals surface area contributed by atoms with E-state index in [4.69, 9.17) is 19.2 Å². The van der Waals surface area contributed by atoms with Crippen LogP contribution in [0.25, 0.3) is 11.3 Å². The predicted molar refractivity (Wildman–Crippen MR) is 189 cm³/mol. The average molecular weight is 674 g/mol. The third kappa shape index (κ3) is 8.13. The minimum atomic E-state index is -1.19. The number of nitrogens with zero attached hydrogens (tertiary/aromatic N) is 6. The van der Waals surface area contributed by atoms with Gasteiger partial charge in [-0.3, -0.25) is 19.2 Å². The Bertz CT molecular complexity index is 1910. The first-order valence-corrected chi connectivity index (χ1v) is 20.2. The van der Waals surface area contributed by atoms with Gasteiger partial charge in [0.1, 0.15) is 18.5 Å². The Kier molecular flexibility index (Phi) is 10.7. The van der Waals surface area contributed by atoms with Gasteiger partial charge in [-0.05, 0) is 69.0 Å². The number of carbonyl (C=O) groups is 1. The highest BCUT2D eigenvalue weighted by molar-refractivity contribution is 6.76. The molecule has 1 amide bonds. The van der Waals surface area contributed by atoms with E-state index in [-0.39, 0.29) is 37.2 Å². The molecule has 1 aliphatic heterocycles. The lowest BCUT2D eigenvalue weighted by atomic mass is 9.97. The maximum absolute atomic E-state index is 14.2. The van der Waals surface area contributed by atoms with E-state index in [1.165, 1.54) is 6.33 Å². The molecule has 0 saturated heterocycles. The van der Waals surface area contributed by atoms with E-state index in [1.807, 2.05) is 45.9 Å². The van der Waals surface area contributed by atoms with Crippen LogP contribution in [-0.4, -0.2) is 58.2 Å². The van der Waals surface area contributed by atoms with Gasteiger partial charge < -0.3 is 14.2 Å². The molecule has 2 aromatic carbocycles. The second-order valence-electron chi connectivity index (χ2n) is 13.4. The maximum atomic E-state index is 14.2. The summed E-state index contributed by atoms with van der Waals surface area (Å²) < 4.78 is 22.1. The summed E-state index contributed by atoms with van der Waals surface area (Å²) in [5.74, 6) is 1.15. The molecule has 0 fully saturated rings. The number of fused-ring (bicyclic) bond motifs is 3. The van der Waals surface area contributed by atoms with Crippen LogP contribution in [0.2, 0.25) is 25.7 Å². The van der Waals surface area contributed by atoms with Crippen LogP contribution in [0.4, 0.5) is 11.6 Å². The van der Waals surface area contributed by atoms with Crippen molar-refractivity contribution in [2.45, 2.75) is 86.0 Å². The summed E-state index contributed by atoms with van der Waals surface area (Å²) >= 11 is 0. The van der Waals surface area contributed by atoms with Crippen molar-refractivity contribution in [3.05, 3.63) is 74.9 Å². The second-order valence-corrected chi connectivity index (χ2v) is 19.1. The van der Waals surface area contributed by atoms with Crippen molar-refractivity contribution in [1.29, 1.82) is 0 Å². The number of ether oxygens (including phenoxy) is 3. The summed E-state index contributed by atoms with van der Waals surface area (Å²) in [4.78, 5) is 36.5. The van der Waals surface area contributed by atoms with Gasteiger partial charge in [-0.1, -0.05) is 37.3 Å². The zero-order valence-electron chi connectivity index (χ0n) is 29.3. The highest BCUT2D eigenvalue weighted by Gasteiger charge is 2.23. The number of aryl methyl sites for hydroxylation is 4. The minimum absolute atomic E-state index is 0.0248. The molecule has 0 aliphatic carbocycles. The van der Waals surface area contributed by atoms with Gasteiger partial charge in [0.25, 0.3) is 0 Å². The molecule has 0 atom stereocenters. The van der Waals surface area contributed by atoms with Crippen LogP contribution in [0, 0.1) is 20.8 Å². The Hall–Kier alpha value is -4.49. The lowest BCUT2D eigenvalue weighted by Gasteiger charge is -2.25. The molecule has 256 valence electrons. The maximum Gasteiger partial charge on any atom is 0.330 e. The average Bonchev–Trinajstić information content (AvgIpc) is 3.46. The Morgan fingerprint density at radius 2 is 1.81 bits per heavy atom. The van der Waals surface area contributed by atoms with Crippen molar-refractivity contribution in [3.8, 4) is 22.8 Å². The molecule has 2 aromatic heterocycles. The van der Waals surface area contributed by atoms with Crippen LogP contribution in [0.5, 0.6) is 11.5 Å². The summed E-state index contributed by atoms with van der Waals surface area (Å²) in [5.41, 5.74) is 6.87. The van der Waals surface area contributed by atoms with Crippen molar-refractivity contribution in [3.63, 3.8) is 0 Å². The summed E-state index contributed by atoms with van der Waals surface area (Å²) in [6.07, 6.45) is 2.20. The number of aromatic nitrogens is 5. The molecule has 0 spiro atoms. The van der Waals surface area contributed by atoms with E-state index in [2.05, 4.69) is 47.2 Å². The molecule has 0 bridgehead atoms. The first-order valence-electron chi connectivity index (χ1n) is 16.4. The zero-order valence-corrected chi connectivity index (χ0v) is 30.3. The molecule has 1 N–H and O–H groups in total. The summed E-state index contributed by atoms with van der Waals surface area (Å²) in [5, 5.41) is 7.07. The monoisotopic (exact) mass is 673 g/mol. The highest BCUT2D eigenvalue weighted by atomic mass is 28.3. The van der Waals surface area contributed by atoms with Gasteiger partial charge in [0.2, 0.25) is 11.9 Å². The van der Waals surface area contributed by atoms with E-state index in [0.717, 1.165) is 45.2 Å². The molecule has 4 aromatic rings. The van der Waals surface area contributed by atoms with E-state index < -0.39 is 8.07 Å². The Balaban J connectivity index is 1.45. The Labute approximate surface area is 282 Å². The molecule has 1 aliphatic rings. The molecule has 0 saturated carbocycles. The van der Waals surface area contributed by atoms with E-state index >= 15 is 0 Å². The molecular weight excluding hydrogens is 627 g/mol. The molecule has 5 rings (SSSR count). The number of benzene rings is 2. The standard InChI is InChI=1S/C35H47N7O5Si/c1-9-47-30-18-26-10-12-41-28(27(26)19-29(30)45-5)20-31(37-33-24(3)16-23(2)17-25(33)4)42(35(41)44)13-11-32(43)38-34-36-21-40(39-34)22-46-14-15-48(6,7)8/h16-21H,9-15,22H2,1-8H3,(H,38,39,43). The number of carbonyl (C=O) groups excluding carboxylic acids is 1. The fourth-order valence-electron chi connectivity index (χ4n) is 5.89. The molecule has 0 radical (unpaired) electrons. The first-order chi connectivity index (χ1) is 22.9. The second kappa shape index (κ2) is 14.7. The van der Waals surface area contributed by atoms with Crippen LogP contribution in [0.15, 0.2) is 46.4 Å². The number of amides is 1. The van der Waals surface area contributed by atoms with Gasteiger partial charge in [-0.25, -0.2) is 19.5 Å². The summed E-state index contributed by atoms with van der Waals surface area (Å²) in [6, 6.07) is 11.1. The van der Waals surface area contributed by atoms with Crippen LogP contribution in [0.3, 0.4) is 0 Å². The number of hydrogen-bond donors (Lipinski definition) is 1. The molecule has 48 heavy (non-hydrogen) atoms. The Morgan fingerprint density at radius 3 is 2.50 bits per heavy atom. The van der Waals surface area contributed by atoms with Crippen molar-refractivity contribution in [1.82, 2.24) is 23.9 Å². The summed E-state index contributed by atoms with van der Waals surface area (Å²) in [7, 11) is 0.418. The lowest BCUT2D eigenvalue weighted by Crippen LogP contribution is -2.42. The van der Waals surface area contributed by atoms with Crippen LogP contribution in [-0.2, 0) is 35.8 Å². The van der Waals surface area contributed by atoms with Crippen molar-refractivity contribution in [2.75, 3.05) is 25.6 Å². The molecule has 3 heterocycles. The van der Waals surface area contributed by atoms with Gasteiger partial charge in [-0.2, -0.15) is 0 Å².